The molecule has 5 rings (SSSR count). The molecule has 0 amide bonds. The number of Topliss-reactive ketones (excluding diaryl/α,β-unsaturated/α-hetero) is 1. The first-order valence-corrected chi connectivity index (χ1v) is 15.5. The smallest absolute Gasteiger partial charge is 0.327 e. The first-order chi connectivity index (χ1) is 22.1. The minimum absolute atomic E-state index is 0.00479. The van der Waals surface area contributed by atoms with E-state index in [2.05, 4.69) is 6.07 Å². The van der Waals surface area contributed by atoms with Crippen LogP contribution in [0.4, 0.5) is 0 Å². The molecule has 1 fully saturated rings. The van der Waals surface area contributed by atoms with Crippen molar-refractivity contribution in [1.82, 2.24) is 0 Å². The van der Waals surface area contributed by atoms with E-state index in [4.69, 9.17) is 37.4 Å². The zero-order valence-corrected chi connectivity index (χ0v) is 27.1. The largest absolute Gasteiger partial charge is 0.497 e. The quantitative estimate of drug-likeness (QED) is 0.145. The highest BCUT2D eigenvalue weighted by atomic mass is 35.5. The van der Waals surface area contributed by atoms with E-state index in [0.29, 0.717) is 38.2 Å². The molecule has 0 unspecified atom stereocenters. The number of carbonyl (C=O) groups is 2. The standard InChI is InChI=1S/C37H33Cl2NO6/c1-4-46-35(42)36(22-40)31(24-7-5-9-29(19-24)44-2)21-37(43,26-13-17-28(39)18-14-26)33(34(41)23-11-15-27(38)16-12-23)32(36)25-8-6-10-30(20-25)45-3/h5-20,31-33,43H,4,21H2,1-3H3/t31-,32+,33-,36+,37-/m0/s1. The van der Waals surface area contributed by atoms with Gasteiger partial charge in [-0.2, -0.15) is 5.26 Å². The van der Waals surface area contributed by atoms with Gasteiger partial charge in [0.1, 0.15) is 17.1 Å². The van der Waals surface area contributed by atoms with E-state index in [-0.39, 0.29) is 18.6 Å². The van der Waals surface area contributed by atoms with Gasteiger partial charge in [0, 0.05) is 27.4 Å². The van der Waals surface area contributed by atoms with Crippen LogP contribution in [-0.2, 0) is 15.1 Å². The Bertz CT molecular complexity index is 1770. The van der Waals surface area contributed by atoms with Crippen LogP contribution in [0.5, 0.6) is 11.5 Å². The van der Waals surface area contributed by atoms with Crippen molar-refractivity contribution in [2.75, 3.05) is 20.8 Å². The molecule has 1 aliphatic carbocycles. The molecule has 236 valence electrons. The average molecular weight is 659 g/mol. The lowest BCUT2D eigenvalue weighted by molar-refractivity contribution is -0.164. The van der Waals surface area contributed by atoms with Gasteiger partial charge in [-0.1, -0.05) is 59.6 Å². The Morgan fingerprint density at radius 2 is 1.41 bits per heavy atom. The summed E-state index contributed by atoms with van der Waals surface area (Å²) in [4.78, 5) is 29.3. The number of esters is 1. The van der Waals surface area contributed by atoms with Gasteiger partial charge < -0.3 is 19.3 Å². The number of benzene rings is 4. The second-order valence-electron chi connectivity index (χ2n) is 11.3. The lowest BCUT2D eigenvalue weighted by Crippen LogP contribution is -2.59. The Morgan fingerprint density at radius 3 is 1.96 bits per heavy atom. The fraction of sp³-hybridized carbons (Fsp3) is 0.270. The molecule has 5 atom stereocenters. The van der Waals surface area contributed by atoms with Gasteiger partial charge in [-0.05, 0) is 90.7 Å². The molecular formula is C37H33Cl2NO6. The van der Waals surface area contributed by atoms with E-state index >= 15 is 0 Å². The summed E-state index contributed by atoms with van der Waals surface area (Å²) < 4.78 is 16.7. The number of carbonyl (C=O) groups excluding carboxylic acids is 2. The second-order valence-corrected chi connectivity index (χ2v) is 12.1. The number of nitriles is 1. The predicted molar refractivity (Wildman–Crippen MR) is 175 cm³/mol. The summed E-state index contributed by atoms with van der Waals surface area (Å²) in [7, 11) is 3.02. The molecule has 0 aromatic heterocycles. The average Bonchev–Trinajstić information content (AvgIpc) is 3.08. The fourth-order valence-electron chi connectivity index (χ4n) is 6.79. The third-order valence-corrected chi connectivity index (χ3v) is 9.41. The summed E-state index contributed by atoms with van der Waals surface area (Å²) in [5.41, 5.74) is -2.23. The number of ketones is 1. The molecule has 0 bridgehead atoms. The van der Waals surface area contributed by atoms with Crippen LogP contribution in [0.15, 0.2) is 97.1 Å². The summed E-state index contributed by atoms with van der Waals surface area (Å²) in [5, 5.41) is 25.3. The van der Waals surface area contributed by atoms with Gasteiger partial charge in [0.15, 0.2) is 11.2 Å². The van der Waals surface area contributed by atoms with Crippen LogP contribution in [0.2, 0.25) is 10.0 Å². The number of rotatable bonds is 9. The minimum atomic E-state index is -1.99. The number of aliphatic hydroxyl groups is 1. The molecule has 0 saturated heterocycles. The summed E-state index contributed by atoms with van der Waals surface area (Å²) in [6, 6.07) is 29.2. The molecule has 0 aliphatic heterocycles. The SMILES string of the molecule is CCOC(=O)[C@@]1(C#N)[C@H](c2cccc(OC)c2)[C@@H](C(=O)c2ccc(Cl)cc2)[C@@](O)(c2ccc(Cl)cc2)C[C@H]1c1cccc(OC)c1. The number of halogens is 2. The maximum atomic E-state index is 14.9. The highest BCUT2D eigenvalue weighted by Gasteiger charge is 2.67. The van der Waals surface area contributed by atoms with E-state index in [1.165, 1.54) is 14.2 Å². The van der Waals surface area contributed by atoms with Gasteiger partial charge in [-0.3, -0.25) is 9.59 Å². The maximum absolute atomic E-state index is 14.9. The summed E-state index contributed by atoms with van der Waals surface area (Å²) in [6.07, 6.45) is -0.182. The third kappa shape index (κ3) is 5.85. The third-order valence-electron chi connectivity index (χ3n) is 8.91. The van der Waals surface area contributed by atoms with Crippen LogP contribution < -0.4 is 9.47 Å². The molecule has 46 heavy (non-hydrogen) atoms. The molecule has 7 nitrogen and oxygen atoms in total. The Labute approximate surface area is 278 Å². The predicted octanol–water partition coefficient (Wildman–Crippen LogP) is 7.74. The van der Waals surface area contributed by atoms with Crippen molar-refractivity contribution < 1.29 is 28.9 Å². The van der Waals surface area contributed by atoms with Gasteiger partial charge in [0.2, 0.25) is 0 Å². The van der Waals surface area contributed by atoms with Crippen molar-refractivity contribution in [3.63, 3.8) is 0 Å². The lowest BCUT2D eigenvalue weighted by Gasteiger charge is -2.54. The van der Waals surface area contributed by atoms with Crippen molar-refractivity contribution in [3.05, 3.63) is 129 Å². The second kappa shape index (κ2) is 13.6. The van der Waals surface area contributed by atoms with Crippen LogP contribution in [0.1, 0.15) is 52.2 Å². The number of nitrogens with zero attached hydrogens (tertiary/aromatic N) is 1. The highest BCUT2D eigenvalue weighted by molar-refractivity contribution is 6.31. The van der Waals surface area contributed by atoms with Crippen LogP contribution in [0.25, 0.3) is 0 Å². The molecular weight excluding hydrogens is 625 g/mol. The van der Waals surface area contributed by atoms with Crippen molar-refractivity contribution in [1.29, 1.82) is 5.26 Å². The van der Waals surface area contributed by atoms with E-state index in [1.807, 2.05) is 0 Å². The van der Waals surface area contributed by atoms with E-state index < -0.39 is 40.5 Å². The topological polar surface area (TPSA) is 106 Å². The van der Waals surface area contributed by atoms with Crippen LogP contribution in [0.3, 0.4) is 0 Å². The minimum Gasteiger partial charge on any atom is -0.497 e. The summed E-state index contributed by atoms with van der Waals surface area (Å²) in [5.74, 6) is -3.86. The van der Waals surface area contributed by atoms with Crippen molar-refractivity contribution in [2.45, 2.75) is 30.8 Å². The van der Waals surface area contributed by atoms with Crippen molar-refractivity contribution >= 4 is 35.0 Å². The highest BCUT2D eigenvalue weighted by Crippen LogP contribution is 2.64. The molecule has 0 heterocycles. The summed E-state index contributed by atoms with van der Waals surface area (Å²) in [6.45, 7) is 1.66. The number of hydrogen-bond acceptors (Lipinski definition) is 7. The molecule has 9 heteroatoms. The Kier molecular flexibility index (Phi) is 9.74. The van der Waals surface area contributed by atoms with E-state index in [1.54, 1.807) is 104 Å². The number of hydrogen-bond donors (Lipinski definition) is 1. The molecule has 0 spiro atoms. The Hall–Kier alpha value is -4.35. The van der Waals surface area contributed by atoms with Crippen molar-refractivity contribution in [2.24, 2.45) is 11.3 Å². The van der Waals surface area contributed by atoms with E-state index in [9.17, 15) is 20.0 Å². The van der Waals surface area contributed by atoms with Crippen LogP contribution >= 0.6 is 23.2 Å². The zero-order chi connectivity index (χ0) is 33.1. The van der Waals surface area contributed by atoms with Gasteiger partial charge >= 0.3 is 5.97 Å². The van der Waals surface area contributed by atoms with Gasteiger partial charge in [0.05, 0.1) is 32.8 Å². The van der Waals surface area contributed by atoms with Gasteiger partial charge in [-0.25, -0.2) is 0 Å². The lowest BCUT2D eigenvalue weighted by atomic mass is 9.47. The van der Waals surface area contributed by atoms with Gasteiger partial charge in [-0.15, -0.1) is 0 Å². The first-order valence-electron chi connectivity index (χ1n) is 14.8. The number of ether oxygens (including phenoxy) is 3. The molecule has 4 aromatic rings. The van der Waals surface area contributed by atoms with Crippen LogP contribution in [0, 0.1) is 22.7 Å². The molecule has 4 aromatic carbocycles. The molecule has 0 radical (unpaired) electrons. The Morgan fingerprint density at radius 1 is 0.870 bits per heavy atom. The molecule has 1 aliphatic rings. The zero-order valence-electron chi connectivity index (χ0n) is 25.6. The fourth-order valence-corrected chi connectivity index (χ4v) is 7.05. The van der Waals surface area contributed by atoms with Crippen molar-refractivity contribution in [3.8, 4) is 17.6 Å². The monoisotopic (exact) mass is 657 g/mol. The summed E-state index contributed by atoms with van der Waals surface area (Å²) >= 11 is 12.5. The van der Waals surface area contributed by atoms with Gasteiger partial charge in [0.25, 0.3) is 0 Å². The maximum Gasteiger partial charge on any atom is 0.327 e. The molecule has 1 saturated carbocycles. The van der Waals surface area contributed by atoms with Crippen LogP contribution in [-0.4, -0.2) is 37.7 Å². The number of methoxy groups -OCH3 is 2. The normalized spacial score (nSPS) is 24.0. The molecule has 1 N–H and O–H groups in total. The first kappa shape index (κ1) is 33.0. The Balaban J connectivity index is 1.92. The van der Waals surface area contributed by atoms with E-state index in [0.717, 1.165) is 0 Å².